The fourth-order valence-corrected chi connectivity index (χ4v) is 2.35. The molecule has 0 radical (unpaired) electrons. The summed E-state index contributed by atoms with van der Waals surface area (Å²) in [5, 5.41) is 2.96. The van der Waals surface area contributed by atoms with E-state index in [1.165, 1.54) is 0 Å². The lowest BCUT2D eigenvalue weighted by atomic mass is 9.98. The van der Waals surface area contributed by atoms with E-state index in [4.69, 9.17) is 10.5 Å². The van der Waals surface area contributed by atoms with Crippen molar-refractivity contribution in [3.63, 3.8) is 0 Å². The number of aryl methyl sites for hydroxylation is 1. The molecule has 2 unspecified atom stereocenters. The summed E-state index contributed by atoms with van der Waals surface area (Å²) < 4.78 is 5.54. The summed E-state index contributed by atoms with van der Waals surface area (Å²) in [4.78, 5) is 12.2. The van der Waals surface area contributed by atoms with Crippen LogP contribution in [0.5, 0.6) is 0 Å². The molecule has 4 nitrogen and oxygen atoms in total. The third-order valence-electron chi connectivity index (χ3n) is 3.47. The second-order valence-corrected chi connectivity index (χ2v) is 4.78. The number of carbonyl (C=O) groups is 1. The molecule has 0 spiro atoms. The molecule has 2 rings (SSSR count). The van der Waals surface area contributed by atoms with Crippen molar-refractivity contribution in [2.24, 2.45) is 5.92 Å². The van der Waals surface area contributed by atoms with Gasteiger partial charge in [0.05, 0.1) is 12.0 Å². The van der Waals surface area contributed by atoms with E-state index >= 15 is 0 Å². The molecule has 0 aliphatic carbocycles. The van der Waals surface area contributed by atoms with E-state index in [1.54, 1.807) is 6.07 Å². The van der Waals surface area contributed by atoms with Crippen LogP contribution < -0.4 is 11.1 Å². The fraction of sp³-hybridized carbons (Fsp3) is 0.500. The first kappa shape index (κ1) is 12.9. The largest absolute Gasteiger partial charge is 0.399 e. The Morgan fingerprint density at radius 1 is 1.56 bits per heavy atom. The highest BCUT2D eigenvalue weighted by Crippen LogP contribution is 2.26. The quantitative estimate of drug-likeness (QED) is 0.807. The minimum Gasteiger partial charge on any atom is -0.399 e. The molecule has 3 N–H and O–H groups in total. The first-order valence-electron chi connectivity index (χ1n) is 6.40. The average Bonchev–Trinajstić information content (AvgIpc) is 2.82. The second-order valence-electron chi connectivity index (χ2n) is 4.78. The Labute approximate surface area is 108 Å². The molecule has 1 heterocycles. The maximum Gasteiger partial charge on any atom is 0.230 e. The van der Waals surface area contributed by atoms with E-state index < -0.39 is 0 Å². The molecular formula is C14H20N2O2. The number of hydrogen-bond acceptors (Lipinski definition) is 3. The summed E-state index contributed by atoms with van der Waals surface area (Å²) in [6.45, 7) is 4.67. The van der Waals surface area contributed by atoms with Crippen LogP contribution in [0.4, 0.5) is 11.4 Å². The van der Waals surface area contributed by atoms with Crippen LogP contribution in [0.1, 0.15) is 25.3 Å². The van der Waals surface area contributed by atoms with Crippen molar-refractivity contribution < 1.29 is 9.53 Å². The van der Waals surface area contributed by atoms with Gasteiger partial charge in [-0.2, -0.15) is 0 Å². The first-order chi connectivity index (χ1) is 8.61. The van der Waals surface area contributed by atoms with Gasteiger partial charge in [0.2, 0.25) is 5.91 Å². The van der Waals surface area contributed by atoms with Gasteiger partial charge in [-0.05, 0) is 37.5 Å². The van der Waals surface area contributed by atoms with Gasteiger partial charge >= 0.3 is 0 Å². The van der Waals surface area contributed by atoms with E-state index in [-0.39, 0.29) is 17.9 Å². The number of nitrogens with two attached hydrogens (primary N) is 1. The van der Waals surface area contributed by atoms with Gasteiger partial charge in [-0.1, -0.05) is 13.0 Å². The summed E-state index contributed by atoms with van der Waals surface area (Å²) >= 11 is 0. The zero-order valence-electron chi connectivity index (χ0n) is 10.9. The molecule has 1 saturated heterocycles. The smallest absolute Gasteiger partial charge is 0.230 e. The number of carbonyl (C=O) groups excluding carboxylic acids is 1. The zero-order valence-corrected chi connectivity index (χ0v) is 10.9. The normalized spacial score (nSPS) is 23.0. The van der Waals surface area contributed by atoms with Gasteiger partial charge < -0.3 is 15.8 Å². The van der Waals surface area contributed by atoms with Crippen molar-refractivity contribution in [2.75, 3.05) is 17.7 Å². The maximum absolute atomic E-state index is 12.2. The Kier molecular flexibility index (Phi) is 3.87. The highest BCUT2D eigenvalue weighted by Gasteiger charge is 2.32. The molecule has 1 fully saturated rings. The van der Waals surface area contributed by atoms with Crippen LogP contribution in [-0.4, -0.2) is 18.6 Å². The van der Waals surface area contributed by atoms with Crippen LogP contribution in [0.2, 0.25) is 0 Å². The summed E-state index contributed by atoms with van der Waals surface area (Å²) in [6, 6.07) is 5.54. The maximum atomic E-state index is 12.2. The molecule has 1 aliphatic heterocycles. The summed E-state index contributed by atoms with van der Waals surface area (Å²) in [5.41, 5.74) is 8.20. The number of nitrogen functional groups attached to an aromatic ring is 1. The lowest BCUT2D eigenvalue weighted by Gasteiger charge is -2.17. The van der Waals surface area contributed by atoms with Crippen molar-refractivity contribution in [1.29, 1.82) is 0 Å². The van der Waals surface area contributed by atoms with Crippen molar-refractivity contribution in [3.05, 3.63) is 23.8 Å². The number of anilines is 2. The Morgan fingerprint density at radius 3 is 3.06 bits per heavy atom. The van der Waals surface area contributed by atoms with E-state index in [1.807, 2.05) is 26.0 Å². The summed E-state index contributed by atoms with van der Waals surface area (Å²) in [6.07, 6.45) is 1.71. The third-order valence-corrected chi connectivity index (χ3v) is 3.47. The van der Waals surface area contributed by atoms with Gasteiger partial charge in [0.1, 0.15) is 0 Å². The SMILES string of the molecule is CCC1OCCC1C(=O)Nc1cc(N)ccc1C. The van der Waals surface area contributed by atoms with Crippen LogP contribution in [0.3, 0.4) is 0 Å². The number of nitrogens with one attached hydrogen (secondary N) is 1. The number of rotatable bonds is 3. The molecule has 2 atom stereocenters. The van der Waals surface area contributed by atoms with Gasteiger partial charge in [-0.3, -0.25) is 4.79 Å². The Morgan fingerprint density at radius 2 is 2.33 bits per heavy atom. The van der Waals surface area contributed by atoms with Crippen LogP contribution in [0.15, 0.2) is 18.2 Å². The zero-order chi connectivity index (χ0) is 13.1. The highest BCUT2D eigenvalue weighted by atomic mass is 16.5. The van der Waals surface area contributed by atoms with E-state index in [0.717, 1.165) is 24.1 Å². The minimum absolute atomic E-state index is 0.0352. The molecule has 98 valence electrons. The summed E-state index contributed by atoms with van der Waals surface area (Å²) in [5.74, 6) is -0.0103. The monoisotopic (exact) mass is 248 g/mol. The van der Waals surface area contributed by atoms with Crippen LogP contribution in [-0.2, 0) is 9.53 Å². The van der Waals surface area contributed by atoms with Crippen molar-refractivity contribution in [1.82, 2.24) is 0 Å². The predicted octanol–water partition coefficient (Wildman–Crippen LogP) is 2.33. The van der Waals surface area contributed by atoms with Gasteiger partial charge in [0, 0.05) is 18.0 Å². The molecule has 0 aromatic heterocycles. The van der Waals surface area contributed by atoms with E-state index in [2.05, 4.69) is 5.32 Å². The molecule has 0 bridgehead atoms. The molecule has 4 heteroatoms. The van der Waals surface area contributed by atoms with E-state index in [9.17, 15) is 4.79 Å². The van der Waals surface area contributed by atoms with Gasteiger partial charge in [0.25, 0.3) is 0 Å². The topological polar surface area (TPSA) is 64.3 Å². The van der Waals surface area contributed by atoms with Crippen LogP contribution in [0.25, 0.3) is 0 Å². The first-order valence-corrected chi connectivity index (χ1v) is 6.40. The van der Waals surface area contributed by atoms with Crippen LogP contribution >= 0.6 is 0 Å². The number of benzene rings is 1. The van der Waals surface area contributed by atoms with Gasteiger partial charge in [-0.25, -0.2) is 0 Å². The molecular weight excluding hydrogens is 228 g/mol. The van der Waals surface area contributed by atoms with Gasteiger partial charge in [-0.15, -0.1) is 0 Å². The number of ether oxygens (including phenoxy) is 1. The average molecular weight is 248 g/mol. The fourth-order valence-electron chi connectivity index (χ4n) is 2.35. The van der Waals surface area contributed by atoms with Crippen molar-refractivity contribution in [2.45, 2.75) is 32.8 Å². The molecule has 0 saturated carbocycles. The molecule has 1 amide bonds. The molecule has 1 aromatic carbocycles. The highest BCUT2D eigenvalue weighted by molar-refractivity contribution is 5.94. The summed E-state index contributed by atoms with van der Waals surface area (Å²) in [7, 11) is 0. The Balaban J connectivity index is 2.09. The van der Waals surface area contributed by atoms with Crippen molar-refractivity contribution >= 4 is 17.3 Å². The molecule has 1 aromatic rings. The lowest BCUT2D eigenvalue weighted by Crippen LogP contribution is -2.29. The van der Waals surface area contributed by atoms with Gasteiger partial charge in [0.15, 0.2) is 0 Å². The number of hydrogen-bond donors (Lipinski definition) is 2. The Hall–Kier alpha value is -1.55. The lowest BCUT2D eigenvalue weighted by molar-refractivity contribution is -0.121. The van der Waals surface area contributed by atoms with E-state index in [0.29, 0.717) is 12.3 Å². The molecule has 1 aliphatic rings. The Bertz CT molecular complexity index is 445. The van der Waals surface area contributed by atoms with Crippen molar-refractivity contribution in [3.8, 4) is 0 Å². The second kappa shape index (κ2) is 5.40. The molecule has 18 heavy (non-hydrogen) atoms. The third kappa shape index (κ3) is 2.64. The minimum atomic E-state index is -0.0455. The van der Waals surface area contributed by atoms with Crippen LogP contribution in [0, 0.1) is 12.8 Å². The predicted molar refractivity (Wildman–Crippen MR) is 72.4 cm³/mol. The number of amides is 1. The standard InChI is InChI=1S/C14H20N2O2/c1-3-13-11(6-7-18-13)14(17)16-12-8-10(15)5-4-9(12)2/h4-5,8,11,13H,3,6-7,15H2,1-2H3,(H,16,17).